The van der Waals surface area contributed by atoms with E-state index in [0.717, 1.165) is 44.9 Å². The van der Waals surface area contributed by atoms with Gasteiger partial charge < -0.3 is 14.6 Å². The Hall–Kier alpha value is -4.64. The molecular formula is C26H23N7O. The second-order valence-electron chi connectivity index (χ2n) is 8.21. The minimum Gasteiger partial charge on any atom is -0.436 e. The van der Waals surface area contributed by atoms with Crippen LogP contribution in [0, 0.1) is 25.2 Å². The van der Waals surface area contributed by atoms with Crippen molar-refractivity contribution < 1.29 is 4.74 Å². The van der Waals surface area contributed by atoms with Crippen LogP contribution in [0.3, 0.4) is 0 Å². The second-order valence-corrected chi connectivity index (χ2v) is 8.21. The largest absolute Gasteiger partial charge is 0.436 e. The third-order valence-corrected chi connectivity index (χ3v) is 5.73. The van der Waals surface area contributed by atoms with Crippen LogP contribution in [0.2, 0.25) is 0 Å². The minimum absolute atomic E-state index is 0.417. The first kappa shape index (κ1) is 21.2. The summed E-state index contributed by atoms with van der Waals surface area (Å²) in [4.78, 5) is 9.33. The van der Waals surface area contributed by atoms with E-state index >= 15 is 0 Å². The predicted octanol–water partition coefficient (Wildman–Crippen LogP) is 5.39. The number of aromatic nitrogens is 5. The first-order valence-corrected chi connectivity index (χ1v) is 10.8. The van der Waals surface area contributed by atoms with Gasteiger partial charge in [0.25, 0.3) is 0 Å². The third-order valence-electron chi connectivity index (χ3n) is 5.73. The molecule has 0 saturated heterocycles. The van der Waals surface area contributed by atoms with Crippen LogP contribution in [-0.2, 0) is 14.1 Å². The molecule has 0 spiro atoms. The maximum atomic E-state index is 9.03. The van der Waals surface area contributed by atoms with Gasteiger partial charge >= 0.3 is 0 Å². The molecule has 0 aliphatic rings. The monoisotopic (exact) mass is 449 g/mol. The molecule has 168 valence electrons. The molecule has 5 rings (SSSR count). The molecule has 0 aliphatic heterocycles. The summed E-state index contributed by atoms with van der Waals surface area (Å²) in [6.45, 7) is 4.06. The van der Waals surface area contributed by atoms with E-state index in [-0.39, 0.29) is 0 Å². The van der Waals surface area contributed by atoms with E-state index in [1.165, 1.54) is 0 Å². The Morgan fingerprint density at radius 1 is 0.971 bits per heavy atom. The van der Waals surface area contributed by atoms with E-state index < -0.39 is 0 Å². The van der Waals surface area contributed by atoms with Crippen LogP contribution in [0.5, 0.6) is 11.6 Å². The van der Waals surface area contributed by atoms with E-state index in [9.17, 15) is 0 Å². The lowest BCUT2D eigenvalue weighted by molar-refractivity contribution is 0.459. The average molecular weight is 450 g/mol. The summed E-state index contributed by atoms with van der Waals surface area (Å²) in [6, 6.07) is 17.4. The van der Waals surface area contributed by atoms with Gasteiger partial charge in [0.15, 0.2) is 0 Å². The Kier molecular flexibility index (Phi) is 5.22. The number of hydrogen-bond donors (Lipinski definition) is 1. The van der Waals surface area contributed by atoms with Gasteiger partial charge in [-0.15, -0.1) is 0 Å². The van der Waals surface area contributed by atoms with Crippen LogP contribution >= 0.6 is 0 Å². The molecule has 0 saturated carbocycles. The Morgan fingerprint density at radius 2 is 1.71 bits per heavy atom. The quantitative estimate of drug-likeness (QED) is 0.386. The van der Waals surface area contributed by atoms with E-state index in [2.05, 4.69) is 33.6 Å². The van der Waals surface area contributed by atoms with Crippen LogP contribution in [-0.4, -0.2) is 24.3 Å². The molecule has 0 fully saturated rings. The van der Waals surface area contributed by atoms with Gasteiger partial charge in [0.05, 0.1) is 22.8 Å². The van der Waals surface area contributed by atoms with Crippen molar-refractivity contribution in [2.75, 3.05) is 5.32 Å². The Morgan fingerprint density at radius 3 is 2.35 bits per heavy atom. The maximum absolute atomic E-state index is 9.03. The van der Waals surface area contributed by atoms with Crippen LogP contribution < -0.4 is 10.1 Å². The zero-order chi connectivity index (χ0) is 23.8. The molecule has 2 aromatic carbocycles. The van der Waals surface area contributed by atoms with Gasteiger partial charge in [-0.25, -0.2) is 4.98 Å². The number of nitrogens with one attached hydrogen (secondary N) is 1. The molecule has 34 heavy (non-hydrogen) atoms. The van der Waals surface area contributed by atoms with Crippen molar-refractivity contribution in [3.63, 3.8) is 0 Å². The molecule has 8 heteroatoms. The topological polar surface area (TPSA) is 93.6 Å². The molecule has 0 bridgehead atoms. The first-order chi connectivity index (χ1) is 16.4. The molecule has 3 heterocycles. The Labute approximate surface area is 197 Å². The van der Waals surface area contributed by atoms with Gasteiger partial charge in [-0.1, -0.05) is 0 Å². The standard InChI is InChI=1S/C26H23N7O/c1-16-13-19(22-9-11-28-33(22)4)14-17(2)24(16)34-25-23-21(10-12-32(23)3)30-26(31-25)29-20-7-5-18(15-27)6-8-20/h5-14H,1-4H3,(H,29,30,31). The Balaban J connectivity index is 1.53. The second kappa shape index (κ2) is 8.37. The van der Waals surface area contributed by atoms with Crippen LogP contribution in [0.15, 0.2) is 60.9 Å². The molecule has 0 radical (unpaired) electrons. The van der Waals surface area contributed by atoms with Gasteiger partial charge in [0, 0.05) is 37.7 Å². The summed E-state index contributed by atoms with van der Waals surface area (Å²) in [5, 5.41) is 16.5. The number of benzene rings is 2. The molecular weight excluding hydrogens is 426 g/mol. The molecule has 3 aromatic heterocycles. The van der Waals surface area contributed by atoms with E-state index in [4.69, 9.17) is 15.0 Å². The molecule has 0 unspecified atom stereocenters. The molecule has 8 nitrogen and oxygen atoms in total. The van der Waals surface area contributed by atoms with Gasteiger partial charge in [-0.05, 0) is 73.5 Å². The van der Waals surface area contributed by atoms with Crippen LogP contribution in [0.1, 0.15) is 16.7 Å². The summed E-state index contributed by atoms with van der Waals surface area (Å²) in [7, 11) is 3.87. The highest BCUT2D eigenvalue weighted by Gasteiger charge is 2.17. The van der Waals surface area contributed by atoms with Gasteiger partial charge in [-0.2, -0.15) is 15.3 Å². The number of ether oxygens (including phenoxy) is 1. The summed E-state index contributed by atoms with van der Waals surface area (Å²) in [5.74, 6) is 1.64. The van der Waals surface area contributed by atoms with E-state index in [1.54, 1.807) is 18.3 Å². The number of fused-ring (bicyclic) bond motifs is 1. The van der Waals surface area contributed by atoms with Crippen molar-refractivity contribution in [2.24, 2.45) is 14.1 Å². The van der Waals surface area contributed by atoms with Crippen molar-refractivity contribution in [2.45, 2.75) is 13.8 Å². The Bertz CT molecular complexity index is 1530. The SMILES string of the molecule is Cc1cc(-c2ccnn2C)cc(C)c1Oc1nc(Nc2ccc(C#N)cc2)nc2ccn(C)c12. The molecule has 0 atom stereocenters. The summed E-state index contributed by atoms with van der Waals surface area (Å²) >= 11 is 0. The minimum atomic E-state index is 0.417. The zero-order valence-electron chi connectivity index (χ0n) is 19.4. The highest BCUT2D eigenvalue weighted by Crippen LogP contribution is 2.35. The van der Waals surface area contributed by atoms with Crippen molar-refractivity contribution in [1.29, 1.82) is 5.26 Å². The van der Waals surface area contributed by atoms with Crippen molar-refractivity contribution in [1.82, 2.24) is 24.3 Å². The zero-order valence-corrected chi connectivity index (χ0v) is 19.4. The molecule has 0 amide bonds. The summed E-state index contributed by atoms with van der Waals surface area (Å²) in [5.41, 5.74) is 7.07. The number of nitrogens with zero attached hydrogens (tertiary/aromatic N) is 6. The number of nitriles is 1. The number of hydrogen-bond acceptors (Lipinski definition) is 6. The molecule has 0 aliphatic carbocycles. The van der Waals surface area contributed by atoms with Gasteiger partial charge in [-0.3, -0.25) is 4.68 Å². The lowest BCUT2D eigenvalue weighted by Gasteiger charge is -2.15. The van der Waals surface area contributed by atoms with Crippen LogP contribution in [0.4, 0.5) is 11.6 Å². The molecule has 1 N–H and O–H groups in total. The predicted molar refractivity (Wildman–Crippen MR) is 131 cm³/mol. The summed E-state index contributed by atoms with van der Waals surface area (Å²) < 4.78 is 10.2. The fourth-order valence-corrected chi connectivity index (χ4v) is 4.05. The highest BCUT2D eigenvalue weighted by atomic mass is 16.5. The molecule has 5 aromatic rings. The number of aryl methyl sites for hydroxylation is 4. The first-order valence-electron chi connectivity index (χ1n) is 10.8. The van der Waals surface area contributed by atoms with Gasteiger partial charge in [0.1, 0.15) is 11.3 Å². The average Bonchev–Trinajstić information content (AvgIpc) is 3.42. The fraction of sp³-hybridized carbons (Fsp3) is 0.154. The number of anilines is 2. The fourth-order valence-electron chi connectivity index (χ4n) is 4.05. The van der Waals surface area contributed by atoms with Crippen molar-refractivity contribution in [3.8, 4) is 29.0 Å². The van der Waals surface area contributed by atoms with Crippen molar-refractivity contribution >= 4 is 22.7 Å². The van der Waals surface area contributed by atoms with E-state index in [1.807, 2.05) is 67.7 Å². The maximum Gasteiger partial charge on any atom is 0.249 e. The highest BCUT2D eigenvalue weighted by molar-refractivity contribution is 5.83. The van der Waals surface area contributed by atoms with Crippen LogP contribution in [0.25, 0.3) is 22.3 Å². The lowest BCUT2D eigenvalue weighted by atomic mass is 10.0. The number of rotatable bonds is 5. The van der Waals surface area contributed by atoms with E-state index in [0.29, 0.717) is 17.4 Å². The normalized spacial score (nSPS) is 10.9. The smallest absolute Gasteiger partial charge is 0.249 e. The third kappa shape index (κ3) is 3.84. The van der Waals surface area contributed by atoms with Gasteiger partial charge in [0.2, 0.25) is 11.8 Å². The van der Waals surface area contributed by atoms with Crippen molar-refractivity contribution in [3.05, 3.63) is 77.6 Å². The lowest BCUT2D eigenvalue weighted by Crippen LogP contribution is -2.03. The summed E-state index contributed by atoms with van der Waals surface area (Å²) in [6.07, 6.45) is 3.72.